The third-order valence-electron chi connectivity index (χ3n) is 2.81. The van der Waals surface area contributed by atoms with Gasteiger partial charge in [0.15, 0.2) is 0 Å². The molecule has 0 aromatic rings. The van der Waals surface area contributed by atoms with Gasteiger partial charge in [-0.3, -0.25) is 0 Å². The Hall–Kier alpha value is -0.0800. The number of hydrogen-bond acceptors (Lipinski definition) is 2. The molecule has 0 aromatic carbocycles. The van der Waals surface area contributed by atoms with Gasteiger partial charge in [-0.25, -0.2) is 0 Å². The van der Waals surface area contributed by atoms with E-state index in [0.29, 0.717) is 6.04 Å². The summed E-state index contributed by atoms with van der Waals surface area (Å²) >= 11 is 0. The zero-order valence-corrected chi connectivity index (χ0v) is 10.3. The van der Waals surface area contributed by atoms with E-state index in [1.165, 1.54) is 25.7 Å². The van der Waals surface area contributed by atoms with Crippen molar-refractivity contribution in [1.29, 1.82) is 0 Å². The molecule has 0 bridgehead atoms. The molecule has 0 aliphatic heterocycles. The summed E-state index contributed by atoms with van der Waals surface area (Å²) in [5.74, 6) is 0.794. The van der Waals surface area contributed by atoms with Crippen molar-refractivity contribution in [3.63, 3.8) is 0 Å². The third kappa shape index (κ3) is 7.34. The summed E-state index contributed by atoms with van der Waals surface area (Å²) in [5.41, 5.74) is 0. The van der Waals surface area contributed by atoms with Crippen LogP contribution in [0.15, 0.2) is 0 Å². The van der Waals surface area contributed by atoms with Gasteiger partial charge < -0.3 is 10.1 Å². The average Bonchev–Trinajstić information content (AvgIpc) is 2.21. The van der Waals surface area contributed by atoms with Crippen LogP contribution in [-0.4, -0.2) is 26.3 Å². The Balaban J connectivity index is 3.46. The Kier molecular flexibility index (Phi) is 9.42. The maximum absolute atomic E-state index is 5.08. The van der Waals surface area contributed by atoms with Crippen LogP contribution in [0.4, 0.5) is 0 Å². The summed E-state index contributed by atoms with van der Waals surface area (Å²) in [7, 11) is 1.78. The van der Waals surface area contributed by atoms with Crippen LogP contribution >= 0.6 is 0 Å². The molecule has 0 heterocycles. The van der Waals surface area contributed by atoms with Crippen LogP contribution in [0.25, 0.3) is 0 Å². The highest BCUT2D eigenvalue weighted by molar-refractivity contribution is 4.65. The Labute approximate surface area is 89.4 Å². The third-order valence-corrected chi connectivity index (χ3v) is 2.81. The van der Waals surface area contributed by atoms with Crippen LogP contribution in [0.1, 0.15) is 46.5 Å². The van der Waals surface area contributed by atoms with E-state index in [1.807, 2.05) is 0 Å². The lowest BCUT2D eigenvalue weighted by molar-refractivity contribution is 0.177. The molecule has 0 rings (SSSR count). The first kappa shape index (κ1) is 13.9. The monoisotopic (exact) mass is 201 g/mol. The molecule has 14 heavy (non-hydrogen) atoms. The number of ether oxygens (including phenoxy) is 1. The first-order valence-corrected chi connectivity index (χ1v) is 5.96. The second-order valence-corrected chi connectivity index (χ2v) is 4.13. The predicted molar refractivity (Wildman–Crippen MR) is 62.6 cm³/mol. The molecule has 0 aliphatic rings. The van der Waals surface area contributed by atoms with Crippen molar-refractivity contribution in [1.82, 2.24) is 5.32 Å². The number of nitrogens with one attached hydrogen (secondary N) is 1. The largest absolute Gasteiger partial charge is 0.385 e. The quantitative estimate of drug-likeness (QED) is 0.619. The smallest absolute Gasteiger partial charge is 0.0464 e. The fraction of sp³-hybridized carbons (Fsp3) is 1.00. The highest BCUT2D eigenvalue weighted by Crippen LogP contribution is 2.13. The van der Waals surface area contributed by atoms with Crippen molar-refractivity contribution in [2.24, 2.45) is 5.92 Å². The van der Waals surface area contributed by atoms with Crippen molar-refractivity contribution < 1.29 is 4.74 Å². The molecule has 0 saturated carbocycles. The average molecular weight is 201 g/mol. The van der Waals surface area contributed by atoms with Gasteiger partial charge >= 0.3 is 0 Å². The molecular formula is C12H27NO. The lowest BCUT2D eigenvalue weighted by atomic mass is 9.98. The Morgan fingerprint density at radius 2 is 1.86 bits per heavy atom. The van der Waals surface area contributed by atoms with E-state index in [-0.39, 0.29) is 0 Å². The molecule has 0 fully saturated rings. The minimum Gasteiger partial charge on any atom is -0.385 e. The van der Waals surface area contributed by atoms with E-state index < -0.39 is 0 Å². The topological polar surface area (TPSA) is 21.3 Å². The van der Waals surface area contributed by atoms with Crippen LogP contribution in [0, 0.1) is 5.92 Å². The molecule has 0 radical (unpaired) electrons. The second kappa shape index (κ2) is 9.47. The van der Waals surface area contributed by atoms with Crippen LogP contribution in [0.2, 0.25) is 0 Å². The molecule has 0 spiro atoms. The lowest BCUT2D eigenvalue weighted by Gasteiger charge is -2.18. The van der Waals surface area contributed by atoms with Gasteiger partial charge in [0.1, 0.15) is 0 Å². The second-order valence-electron chi connectivity index (χ2n) is 4.13. The molecule has 0 aromatic heterocycles. The minimum absolute atomic E-state index is 0.713. The van der Waals surface area contributed by atoms with Gasteiger partial charge in [0, 0.05) is 19.8 Å². The Bertz CT molecular complexity index is 117. The van der Waals surface area contributed by atoms with Gasteiger partial charge in [-0.1, -0.05) is 20.8 Å². The zero-order valence-electron chi connectivity index (χ0n) is 10.3. The van der Waals surface area contributed by atoms with E-state index in [9.17, 15) is 0 Å². The van der Waals surface area contributed by atoms with Gasteiger partial charge in [0.25, 0.3) is 0 Å². The maximum Gasteiger partial charge on any atom is 0.0464 e. The van der Waals surface area contributed by atoms with Crippen molar-refractivity contribution >= 4 is 0 Å². The first-order chi connectivity index (χ1) is 6.74. The van der Waals surface area contributed by atoms with Gasteiger partial charge in [0.2, 0.25) is 0 Å². The molecule has 2 heteroatoms. The molecule has 2 unspecified atom stereocenters. The molecular weight excluding hydrogens is 174 g/mol. The minimum atomic E-state index is 0.713. The summed E-state index contributed by atoms with van der Waals surface area (Å²) in [4.78, 5) is 0. The van der Waals surface area contributed by atoms with Crippen LogP contribution in [0.3, 0.4) is 0 Å². The van der Waals surface area contributed by atoms with E-state index in [2.05, 4.69) is 26.1 Å². The van der Waals surface area contributed by atoms with E-state index >= 15 is 0 Å². The van der Waals surface area contributed by atoms with E-state index in [1.54, 1.807) is 7.11 Å². The van der Waals surface area contributed by atoms with Crippen LogP contribution < -0.4 is 5.32 Å². The highest BCUT2D eigenvalue weighted by Gasteiger charge is 2.07. The fourth-order valence-corrected chi connectivity index (χ4v) is 1.69. The summed E-state index contributed by atoms with van der Waals surface area (Å²) in [5, 5.41) is 3.51. The van der Waals surface area contributed by atoms with Crippen molar-refractivity contribution in [2.45, 2.75) is 52.5 Å². The summed E-state index contributed by atoms with van der Waals surface area (Å²) < 4.78 is 5.08. The van der Waals surface area contributed by atoms with E-state index in [4.69, 9.17) is 4.74 Å². The van der Waals surface area contributed by atoms with Crippen molar-refractivity contribution in [3.8, 4) is 0 Å². The first-order valence-electron chi connectivity index (χ1n) is 5.96. The highest BCUT2D eigenvalue weighted by atomic mass is 16.5. The van der Waals surface area contributed by atoms with Crippen LogP contribution in [0.5, 0.6) is 0 Å². The zero-order chi connectivity index (χ0) is 10.8. The summed E-state index contributed by atoms with van der Waals surface area (Å²) in [6.45, 7) is 8.74. The summed E-state index contributed by atoms with van der Waals surface area (Å²) in [6, 6.07) is 0.713. The predicted octanol–water partition coefficient (Wildman–Crippen LogP) is 2.83. The van der Waals surface area contributed by atoms with Gasteiger partial charge in [-0.2, -0.15) is 0 Å². The fourth-order valence-electron chi connectivity index (χ4n) is 1.69. The maximum atomic E-state index is 5.08. The summed E-state index contributed by atoms with van der Waals surface area (Å²) in [6.07, 6.45) is 5.05. The van der Waals surface area contributed by atoms with Gasteiger partial charge in [-0.05, 0) is 38.1 Å². The number of hydrogen-bond donors (Lipinski definition) is 1. The lowest BCUT2D eigenvalue weighted by Crippen LogP contribution is -2.28. The van der Waals surface area contributed by atoms with Gasteiger partial charge in [0.05, 0.1) is 0 Å². The van der Waals surface area contributed by atoms with Crippen LogP contribution in [-0.2, 0) is 4.74 Å². The van der Waals surface area contributed by atoms with Gasteiger partial charge in [-0.15, -0.1) is 0 Å². The molecule has 0 amide bonds. The Morgan fingerprint density at radius 1 is 1.14 bits per heavy atom. The number of methoxy groups -OCH3 is 1. The normalized spacial score (nSPS) is 15.4. The molecule has 86 valence electrons. The molecule has 2 atom stereocenters. The molecule has 0 aliphatic carbocycles. The molecule has 0 saturated heterocycles. The standard InChI is InChI=1S/C12H27NO/c1-5-12(13-6-2)8-7-11(3)9-10-14-4/h11-13H,5-10H2,1-4H3. The number of rotatable bonds is 9. The SMILES string of the molecule is CCNC(CC)CCC(C)CCOC. The molecule has 2 nitrogen and oxygen atoms in total. The van der Waals surface area contributed by atoms with E-state index in [0.717, 1.165) is 19.1 Å². The molecule has 1 N–H and O–H groups in total. The Morgan fingerprint density at radius 3 is 2.36 bits per heavy atom. The van der Waals surface area contributed by atoms with Crippen molar-refractivity contribution in [2.75, 3.05) is 20.3 Å². The van der Waals surface area contributed by atoms with Crippen molar-refractivity contribution in [3.05, 3.63) is 0 Å².